The third-order valence-electron chi connectivity index (χ3n) is 0. The van der Waals surface area contributed by atoms with Crippen LogP contribution >= 0.6 is 0 Å². The van der Waals surface area contributed by atoms with E-state index in [4.69, 9.17) is 4.16 Å². The number of hydrogen-bond acceptors (Lipinski definition) is 1. The van der Waals surface area contributed by atoms with E-state index in [0.29, 0.717) is 16.6 Å². The minimum atomic E-state index is 0. The standard InChI is InChI=1S/Al.2H2O.Zn.2H/h;2*1H2;;;/q+1;;;;;/p-1. The molecule has 0 aromatic heterocycles. The maximum atomic E-state index is 7.14. The molecule has 0 amide bonds. The normalized spacial score (nSPS) is 1.25. The molecule has 0 radical (unpaired) electrons. The predicted molar refractivity (Wildman–Crippen MR) is 14.4 cm³/mol. The van der Waals surface area contributed by atoms with Gasteiger partial charge >= 0.3 is 16.6 Å². The van der Waals surface area contributed by atoms with Crippen molar-refractivity contribution in [1.82, 2.24) is 0 Å². The van der Waals surface area contributed by atoms with E-state index in [-0.39, 0.29) is 25.0 Å². The first-order chi connectivity index (χ1) is 1.00. The molecule has 0 unspecified atom stereocenters. The minimum Gasteiger partial charge on any atom is -0.521 e. The van der Waals surface area contributed by atoms with Gasteiger partial charge in [-0.3, -0.25) is 0 Å². The Hall–Kier alpha value is 1.08. The van der Waals surface area contributed by atoms with Crippen LogP contribution in [0.15, 0.2) is 0 Å². The average molecular weight is 129 g/mol. The van der Waals surface area contributed by atoms with Crippen LogP contribution in [-0.4, -0.2) is 26.3 Å². The van der Waals surface area contributed by atoms with Crippen LogP contribution in [-0.2, 0) is 19.5 Å². The Kier molecular flexibility index (Phi) is 163. The van der Waals surface area contributed by atoms with Crippen LogP contribution in [0.25, 0.3) is 0 Å². The van der Waals surface area contributed by atoms with Gasteiger partial charge in [0, 0.05) is 19.5 Å². The van der Waals surface area contributed by atoms with Crippen LogP contribution in [0.5, 0.6) is 0 Å². The van der Waals surface area contributed by atoms with Crippen LogP contribution < -0.4 is 0 Å². The Bertz CT molecular complexity index is 6.00. The Morgan fingerprint density at radius 3 is 1.25 bits per heavy atom. The first kappa shape index (κ1) is 19.6. The van der Waals surface area contributed by atoms with E-state index in [2.05, 4.69) is 0 Å². The smallest absolute Gasteiger partial charge is 0.407 e. The molecular formula is H5AlO2Zn. The zero-order valence-electron chi connectivity index (χ0n) is 2.65. The van der Waals surface area contributed by atoms with Gasteiger partial charge in [-0.25, -0.2) is 0 Å². The van der Waals surface area contributed by atoms with Gasteiger partial charge in [-0.2, -0.15) is 0 Å². The molecule has 0 spiro atoms. The molecule has 0 aliphatic heterocycles. The van der Waals surface area contributed by atoms with Crippen molar-refractivity contribution in [1.29, 1.82) is 0 Å². The molecule has 0 aromatic carbocycles. The van der Waals surface area contributed by atoms with Crippen molar-refractivity contribution in [3.8, 4) is 0 Å². The van der Waals surface area contributed by atoms with Crippen LogP contribution in [0.4, 0.5) is 0 Å². The Balaban J connectivity index is -0.00000000500. The molecule has 0 aromatic rings. The molecular weight excluding hydrogens is 124 g/mol. The molecule has 0 aliphatic carbocycles. The molecule has 0 fully saturated rings. The quantitative estimate of drug-likeness (QED) is 0.368. The van der Waals surface area contributed by atoms with Gasteiger partial charge in [-0.15, -0.1) is 0 Å². The molecule has 0 heterocycles. The van der Waals surface area contributed by atoms with E-state index in [1.54, 1.807) is 0 Å². The summed E-state index contributed by atoms with van der Waals surface area (Å²) in [6, 6.07) is 0. The molecule has 4 heteroatoms. The SMILES string of the molecule is O.[OH][AlH2].[Zn]. The fourth-order valence-electron chi connectivity index (χ4n) is 0. The fourth-order valence-corrected chi connectivity index (χ4v) is 0. The summed E-state index contributed by atoms with van der Waals surface area (Å²) in [5, 5.41) is 0. The van der Waals surface area contributed by atoms with Gasteiger partial charge in [0.25, 0.3) is 0 Å². The minimum absolute atomic E-state index is 0. The predicted octanol–water partition coefficient (Wildman–Crippen LogP) is -2.30. The van der Waals surface area contributed by atoms with E-state index in [9.17, 15) is 0 Å². The molecule has 0 rings (SSSR count). The first-order valence-corrected chi connectivity index (χ1v) is 1.34. The van der Waals surface area contributed by atoms with Crippen LogP contribution in [0.2, 0.25) is 0 Å². The van der Waals surface area contributed by atoms with E-state index in [0.717, 1.165) is 0 Å². The van der Waals surface area contributed by atoms with E-state index in [1.165, 1.54) is 0 Å². The van der Waals surface area contributed by atoms with E-state index in [1.807, 2.05) is 0 Å². The summed E-state index contributed by atoms with van der Waals surface area (Å²) < 4.78 is 7.14. The second-order valence-corrected chi connectivity index (χ2v) is 0. The van der Waals surface area contributed by atoms with Crippen molar-refractivity contribution < 1.29 is 29.1 Å². The summed E-state index contributed by atoms with van der Waals surface area (Å²) in [6.45, 7) is 0. The molecule has 0 aliphatic rings. The maximum absolute atomic E-state index is 7.14. The van der Waals surface area contributed by atoms with E-state index < -0.39 is 0 Å². The van der Waals surface area contributed by atoms with Crippen LogP contribution in [0, 0.1) is 0 Å². The first-order valence-electron chi connectivity index (χ1n) is 0.447. The summed E-state index contributed by atoms with van der Waals surface area (Å²) in [7, 11) is 0. The average Bonchev–Trinajstić information content (AvgIpc) is 1.00. The monoisotopic (exact) mass is 128 g/mol. The topological polar surface area (TPSA) is 51.7 Å². The Morgan fingerprint density at radius 2 is 1.25 bits per heavy atom. The molecule has 2 nitrogen and oxygen atoms in total. The third-order valence-corrected chi connectivity index (χ3v) is 0. The van der Waals surface area contributed by atoms with Crippen molar-refractivity contribution in [3.63, 3.8) is 0 Å². The van der Waals surface area contributed by atoms with Gasteiger partial charge in [0.15, 0.2) is 0 Å². The second-order valence-electron chi connectivity index (χ2n) is 0. The van der Waals surface area contributed by atoms with E-state index >= 15 is 0 Å². The van der Waals surface area contributed by atoms with Gasteiger partial charge < -0.3 is 9.63 Å². The molecule has 3 N–H and O–H groups in total. The number of rotatable bonds is 0. The van der Waals surface area contributed by atoms with Crippen molar-refractivity contribution in [2.45, 2.75) is 0 Å². The zero-order valence-corrected chi connectivity index (χ0v) is 7.62. The molecule has 22 valence electrons. The van der Waals surface area contributed by atoms with Crippen LogP contribution in [0.3, 0.4) is 0 Å². The Labute approximate surface area is 46.0 Å². The zero-order chi connectivity index (χ0) is 2.00. The molecule has 0 atom stereocenters. The third kappa shape index (κ3) is 11.5. The maximum Gasteiger partial charge on any atom is 0.407 e. The van der Waals surface area contributed by atoms with Crippen molar-refractivity contribution in [2.24, 2.45) is 0 Å². The summed E-state index contributed by atoms with van der Waals surface area (Å²) in [5.74, 6) is 0. The van der Waals surface area contributed by atoms with Gasteiger partial charge in [-0.05, 0) is 0 Å². The molecule has 0 saturated carbocycles. The largest absolute Gasteiger partial charge is 0.521 e. The Morgan fingerprint density at radius 1 is 1.25 bits per heavy atom. The molecule has 0 bridgehead atoms. The van der Waals surface area contributed by atoms with Gasteiger partial charge in [0.1, 0.15) is 0 Å². The summed E-state index contributed by atoms with van der Waals surface area (Å²) in [6.07, 6.45) is 0. The summed E-state index contributed by atoms with van der Waals surface area (Å²) in [4.78, 5) is 0. The van der Waals surface area contributed by atoms with Gasteiger partial charge in [0.2, 0.25) is 0 Å². The van der Waals surface area contributed by atoms with Gasteiger partial charge in [0.05, 0.1) is 0 Å². The second kappa shape index (κ2) is 33.3. The van der Waals surface area contributed by atoms with Crippen molar-refractivity contribution >= 4 is 16.6 Å². The van der Waals surface area contributed by atoms with Crippen molar-refractivity contribution in [2.75, 3.05) is 0 Å². The summed E-state index contributed by atoms with van der Waals surface area (Å²) in [5.41, 5.74) is 0. The molecule has 4 heavy (non-hydrogen) atoms. The number of hydrogen-bond donors (Lipinski definition) is 1. The fraction of sp³-hybridized carbons (Fsp3) is 0. The van der Waals surface area contributed by atoms with Gasteiger partial charge in [-0.1, -0.05) is 0 Å². The molecule has 0 saturated heterocycles. The van der Waals surface area contributed by atoms with Crippen molar-refractivity contribution in [3.05, 3.63) is 0 Å². The summed E-state index contributed by atoms with van der Waals surface area (Å²) >= 11 is 0.306. The van der Waals surface area contributed by atoms with Crippen LogP contribution in [0.1, 0.15) is 0 Å².